The number of H-pyrrole nitrogens is 1. The van der Waals surface area contributed by atoms with Crippen LogP contribution in [0.1, 0.15) is 5.56 Å². The normalized spacial score (nSPS) is 11.6. The summed E-state index contributed by atoms with van der Waals surface area (Å²) in [7, 11) is 1.53. The molecule has 0 bridgehead atoms. The maximum Gasteiger partial charge on any atom is 0.339 e. The molecule has 0 radical (unpaired) electrons. The Morgan fingerprint density at radius 2 is 2.24 bits per heavy atom. The van der Waals surface area contributed by atoms with Gasteiger partial charge < -0.3 is 10.9 Å². The number of halogens is 1. The molecule has 1 aromatic carbocycles. The first-order valence-electron chi connectivity index (χ1n) is 5.55. The molecule has 0 saturated heterocycles. The van der Waals surface area contributed by atoms with Crippen molar-refractivity contribution in [3.05, 3.63) is 49.5 Å². The number of rotatable bonds is 3. The Kier molecular flexibility index (Phi) is 4.34. The van der Waals surface area contributed by atoms with Crippen LogP contribution in [0.3, 0.4) is 0 Å². The molecule has 1 heterocycles. The van der Waals surface area contributed by atoms with Gasteiger partial charge in [-0.05, 0) is 30.0 Å². The quantitative estimate of drug-likeness (QED) is 0.246. The number of amidine groups is 1. The third-order valence-corrected chi connectivity index (χ3v) is 3.82. The van der Waals surface area contributed by atoms with Gasteiger partial charge in [0, 0.05) is 22.5 Å². The van der Waals surface area contributed by atoms with Gasteiger partial charge in [-0.15, -0.1) is 0 Å². The Morgan fingerprint density at radius 3 is 2.90 bits per heavy atom. The second-order valence-corrected chi connectivity index (χ2v) is 5.37. The molecule has 0 atom stereocenters. The van der Waals surface area contributed by atoms with Crippen molar-refractivity contribution in [2.75, 3.05) is 0 Å². The molecule has 1 aromatic heterocycles. The molecule has 0 fully saturated rings. The molecule has 10 heteroatoms. The van der Waals surface area contributed by atoms with Crippen molar-refractivity contribution in [2.24, 2.45) is 17.9 Å². The van der Waals surface area contributed by atoms with E-state index in [4.69, 9.17) is 22.5 Å². The molecule has 0 aliphatic heterocycles. The van der Waals surface area contributed by atoms with Gasteiger partial charge in [0.25, 0.3) is 0 Å². The van der Waals surface area contributed by atoms with Crippen molar-refractivity contribution >= 4 is 29.2 Å². The first-order valence-corrected chi connectivity index (χ1v) is 6.74. The van der Waals surface area contributed by atoms with Crippen LogP contribution in [0.2, 0.25) is 5.02 Å². The van der Waals surface area contributed by atoms with Gasteiger partial charge in [-0.2, -0.15) is 4.98 Å². The Morgan fingerprint density at radius 1 is 1.52 bits per heavy atom. The van der Waals surface area contributed by atoms with Crippen LogP contribution < -0.4 is 16.9 Å². The average Bonchev–Trinajstić information content (AvgIpc) is 2.44. The van der Waals surface area contributed by atoms with E-state index in [1.165, 1.54) is 11.7 Å². The van der Waals surface area contributed by atoms with Gasteiger partial charge in [0.1, 0.15) is 0 Å². The number of hydrogen-bond donors (Lipinski definition) is 3. The summed E-state index contributed by atoms with van der Waals surface area (Å²) in [4.78, 5) is 26.7. The van der Waals surface area contributed by atoms with Gasteiger partial charge in [-0.3, -0.25) is 19.4 Å². The van der Waals surface area contributed by atoms with Gasteiger partial charge in [0.2, 0.25) is 0 Å². The predicted molar refractivity (Wildman–Crippen MR) is 78.2 cm³/mol. The zero-order valence-electron chi connectivity index (χ0n) is 10.7. The molecule has 8 nitrogen and oxygen atoms in total. The fraction of sp³-hybridized carbons (Fsp3) is 0.0909. The number of benzene rings is 1. The van der Waals surface area contributed by atoms with Crippen molar-refractivity contribution in [3.8, 4) is 0 Å². The maximum absolute atomic E-state index is 11.3. The van der Waals surface area contributed by atoms with Crippen LogP contribution in [0.5, 0.6) is 0 Å². The molecule has 0 unspecified atom stereocenters. The number of aromatic amines is 1. The van der Waals surface area contributed by atoms with Crippen LogP contribution in [0.4, 0.5) is 0 Å². The summed E-state index contributed by atoms with van der Waals surface area (Å²) in [6, 6.07) is 4.73. The highest BCUT2D eigenvalue weighted by Gasteiger charge is 2.13. The molecular weight excluding hydrogens is 318 g/mol. The molecule has 4 N–H and O–H groups in total. The molecular formula is C11H10ClN5O3S. The molecule has 110 valence electrons. The topological polar surface area (TPSA) is 126 Å². The predicted octanol–water partition coefficient (Wildman–Crippen LogP) is 0.368. The lowest BCUT2D eigenvalue weighted by atomic mass is 10.2. The summed E-state index contributed by atoms with van der Waals surface area (Å²) < 4.78 is 1.30. The van der Waals surface area contributed by atoms with Crippen molar-refractivity contribution in [1.82, 2.24) is 14.8 Å². The van der Waals surface area contributed by atoms with Crippen LogP contribution in [0.15, 0.2) is 43.0 Å². The molecule has 0 aliphatic rings. The summed E-state index contributed by atoms with van der Waals surface area (Å²) in [5.41, 5.74) is 4.30. The van der Waals surface area contributed by atoms with E-state index in [0.717, 1.165) is 11.8 Å². The summed E-state index contributed by atoms with van der Waals surface area (Å²) in [5.74, 6) is -0.108. The first kappa shape index (κ1) is 15.1. The Bertz CT molecular complexity index is 829. The van der Waals surface area contributed by atoms with Crippen LogP contribution >= 0.6 is 23.4 Å². The van der Waals surface area contributed by atoms with E-state index in [0.29, 0.717) is 15.5 Å². The minimum Gasteiger partial charge on any atom is -0.409 e. The number of oxime groups is 1. The van der Waals surface area contributed by atoms with E-state index in [-0.39, 0.29) is 11.0 Å². The first-order chi connectivity index (χ1) is 9.92. The van der Waals surface area contributed by atoms with Crippen LogP contribution in [-0.4, -0.2) is 25.8 Å². The second-order valence-electron chi connectivity index (χ2n) is 3.93. The number of nitrogens with one attached hydrogen (secondary N) is 1. The van der Waals surface area contributed by atoms with Gasteiger partial charge in [0.15, 0.2) is 11.0 Å². The van der Waals surface area contributed by atoms with E-state index < -0.39 is 11.1 Å². The van der Waals surface area contributed by atoms with Gasteiger partial charge in [-0.1, -0.05) is 16.8 Å². The molecule has 2 aromatic rings. The molecule has 0 saturated carbocycles. The largest absolute Gasteiger partial charge is 0.409 e. The highest BCUT2D eigenvalue weighted by molar-refractivity contribution is 7.99. The highest BCUT2D eigenvalue weighted by atomic mass is 35.5. The smallest absolute Gasteiger partial charge is 0.339 e. The molecule has 0 spiro atoms. The Hall–Kier alpha value is -2.26. The number of aromatic nitrogens is 3. The Balaban J connectivity index is 2.54. The van der Waals surface area contributed by atoms with Crippen molar-refractivity contribution < 1.29 is 5.21 Å². The monoisotopic (exact) mass is 327 g/mol. The lowest BCUT2D eigenvalue weighted by Crippen LogP contribution is -2.33. The Labute approximate surface area is 127 Å². The van der Waals surface area contributed by atoms with E-state index in [1.54, 1.807) is 18.2 Å². The number of hydrogen-bond acceptors (Lipinski definition) is 6. The molecule has 2 rings (SSSR count). The highest BCUT2D eigenvalue weighted by Crippen LogP contribution is 2.30. The SMILES string of the molecule is Cn1[nH]c(=O)c(=O)nc1Sc1cc(Cl)ccc1/C(N)=N/O. The zero-order chi connectivity index (χ0) is 15.6. The fourth-order valence-electron chi connectivity index (χ4n) is 1.50. The summed E-state index contributed by atoms with van der Waals surface area (Å²) in [6.45, 7) is 0. The van der Waals surface area contributed by atoms with Crippen molar-refractivity contribution in [1.29, 1.82) is 0 Å². The second kappa shape index (κ2) is 6.02. The van der Waals surface area contributed by atoms with Crippen LogP contribution in [0, 0.1) is 0 Å². The van der Waals surface area contributed by atoms with Crippen LogP contribution in [-0.2, 0) is 7.05 Å². The number of aryl methyl sites for hydroxylation is 1. The lowest BCUT2D eigenvalue weighted by molar-refractivity contribution is 0.318. The van der Waals surface area contributed by atoms with Crippen molar-refractivity contribution in [2.45, 2.75) is 10.1 Å². The molecule has 0 amide bonds. The standard InChI is InChI=1S/C11H10ClN5O3S/c1-17-11(14-9(18)10(19)15-17)21-7-4-5(12)2-3-6(7)8(13)16-20/h2-4,20H,1H3,(H2,13,16)(H,15,19). The van der Waals surface area contributed by atoms with Gasteiger partial charge >= 0.3 is 11.1 Å². The summed E-state index contributed by atoms with van der Waals surface area (Å²) in [5, 5.41) is 14.7. The number of nitrogens with zero attached hydrogens (tertiary/aromatic N) is 3. The summed E-state index contributed by atoms with van der Waals surface area (Å²) in [6.07, 6.45) is 0. The third-order valence-electron chi connectivity index (χ3n) is 2.48. The minimum atomic E-state index is -0.900. The van der Waals surface area contributed by atoms with Crippen molar-refractivity contribution in [3.63, 3.8) is 0 Å². The number of nitrogens with two attached hydrogens (primary N) is 1. The molecule has 0 aliphatic carbocycles. The van der Waals surface area contributed by atoms with E-state index in [1.807, 2.05) is 0 Å². The van der Waals surface area contributed by atoms with Gasteiger partial charge in [0.05, 0.1) is 0 Å². The summed E-state index contributed by atoms with van der Waals surface area (Å²) >= 11 is 6.97. The van der Waals surface area contributed by atoms with E-state index in [9.17, 15) is 9.59 Å². The van der Waals surface area contributed by atoms with E-state index in [2.05, 4.69) is 15.2 Å². The van der Waals surface area contributed by atoms with Crippen LogP contribution in [0.25, 0.3) is 0 Å². The average molecular weight is 328 g/mol. The third kappa shape index (κ3) is 3.26. The zero-order valence-corrected chi connectivity index (χ0v) is 12.3. The van der Waals surface area contributed by atoms with E-state index >= 15 is 0 Å². The molecule has 21 heavy (non-hydrogen) atoms. The minimum absolute atomic E-state index is 0.108. The lowest BCUT2D eigenvalue weighted by Gasteiger charge is -2.10. The maximum atomic E-state index is 11.3. The van der Waals surface area contributed by atoms with Gasteiger partial charge in [-0.25, -0.2) is 0 Å². The fourth-order valence-corrected chi connectivity index (χ4v) is 2.71.